The lowest BCUT2D eigenvalue weighted by Gasteiger charge is -2.25. The van der Waals surface area contributed by atoms with Crippen molar-refractivity contribution >= 4 is 17.7 Å². The fourth-order valence-corrected chi connectivity index (χ4v) is 1.71. The van der Waals surface area contributed by atoms with E-state index >= 15 is 0 Å². The Labute approximate surface area is 94.4 Å². The summed E-state index contributed by atoms with van der Waals surface area (Å²) in [6, 6.07) is -0.801. The molecule has 1 aliphatic heterocycles. The molecule has 1 unspecified atom stereocenters. The predicted octanol–water partition coefficient (Wildman–Crippen LogP) is -1.06. The first-order valence-corrected chi connectivity index (χ1v) is 5.22. The molecule has 0 aromatic rings. The van der Waals surface area contributed by atoms with Crippen LogP contribution >= 0.6 is 0 Å². The molecule has 6 nitrogen and oxygen atoms in total. The maximum Gasteiger partial charge on any atom is 0.240 e. The lowest BCUT2D eigenvalue weighted by atomic mass is 10.1. The normalized spacial score (nSPS) is 17.4. The van der Waals surface area contributed by atoms with E-state index in [1.165, 1.54) is 9.80 Å². The minimum absolute atomic E-state index is 0.0337. The number of hydrogen-bond donors (Lipinski definition) is 1. The maximum atomic E-state index is 11.5. The fraction of sp³-hybridized carbons (Fsp3) is 0.700. The topological polar surface area (TPSA) is 83.7 Å². The highest BCUT2D eigenvalue weighted by molar-refractivity contribution is 5.91. The molecule has 3 amide bonds. The predicted molar refractivity (Wildman–Crippen MR) is 57.2 cm³/mol. The summed E-state index contributed by atoms with van der Waals surface area (Å²) in [7, 11) is 3.21. The number of primary amides is 1. The van der Waals surface area contributed by atoms with Gasteiger partial charge >= 0.3 is 0 Å². The van der Waals surface area contributed by atoms with E-state index in [2.05, 4.69) is 0 Å². The molecule has 90 valence electrons. The summed E-state index contributed by atoms with van der Waals surface area (Å²) in [5.41, 5.74) is 5.22. The maximum absolute atomic E-state index is 11.5. The molecule has 1 aliphatic rings. The largest absolute Gasteiger partial charge is 0.368 e. The van der Waals surface area contributed by atoms with Gasteiger partial charge in [0.25, 0.3) is 0 Å². The molecule has 1 saturated heterocycles. The van der Waals surface area contributed by atoms with Crippen molar-refractivity contribution in [2.45, 2.75) is 25.3 Å². The third-order valence-corrected chi connectivity index (χ3v) is 2.68. The molecule has 0 spiro atoms. The Kier molecular flexibility index (Phi) is 3.87. The minimum atomic E-state index is -0.801. The molecule has 0 aliphatic carbocycles. The summed E-state index contributed by atoms with van der Waals surface area (Å²) in [4.78, 5) is 37.0. The summed E-state index contributed by atoms with van der Waals surface area (Å²) in [6.45, 7) is 0.507. The van der Waals surface area contributed by atoms with Crippen LogP contribution in [0.25, 0.3) is 0 Å². The van der Waals surface area contributed by atoms with E-state index in [0.29, 0.717) is 13.0 Å². The molecule has 0 bridgehead atoms. The van der Waals surface area contributed by atoms with Crippen LogP contribution in [0.2, 0.25) is 0 Å². The van der Waals surface area contributed by atoms with Crippen LogP contribution in [0.15, 0.2) is 0 Å². The Hall–Kier alpha value is -1.59. The molecular formula is C10H17N3O3. The van der Waals surface area contributed by atoms with E-state index in [1.54, 1.807) is 14.1 Å². The Balaban J connectivity index is 2.71. The average molecular weight is 227 g/mol. The molecular weight excluding hydrogens is 210 g/mol. The molecule has 1 atom stereocenters. The third kappa shape index (κ3) is 2.71. The molecule has 0 saturated carbocycles. The van der Waals surface area contributed by atoms with Gasteiger partial charge < -0.3 is 15.5 Å². The van der Waals surface area contributed by atoms with Crippen molar-refractivity contribution in [3.05, 3.63) is 0 Å². The molecule has 1 fully saturated rings. The Morgan fingerprint density at radius 1 is 1.50 bits per heavy atom. The van der Waals surface area contributed by atoms with Gasteiger partial charge in [-0.15, -0.1) is 0 Å². The quantitative estimate of drug-likeness (QED) is 0.664. The summed E-state index contributed by atoms with van der Waals surface area (Å²) in [6.07, 6.45) is 1.12. The zero-order chi connectivity index (χ0) is 12.3. The van der Waals surface area contributed by atoms with Crippen molar-refractivity contribution in [1.82, 2.24) is 9.80 Å². The molecule has 0 radical (unpaired) electrons. The van der Waals surface area contributed by atoms with Crippen LogP contribution in [0.3, 0.4) is 0 Å². The second-order valence-electron chi connectivity index (χ2n) is 4.10. The fourth-order valence-electron chi connectivity index (χ4n) is 1.71. The van der Waals surface area contributed by atoms with Crippen LogP contribution in [0.1, 0.15) is 19.3 Å². The first-order valence-electron chi connectivity index (χ1n) is 5.22. The summed E-state index contributed by atoms with van der Waals surface area (Å²) in [5, 5.41) is 0. The van der Waals surface area contributed by atoms with Gasteiger partial charge in [-0.2, -0.15) is 0 Å². The number of carbonyl (C=O) groups is 3. The monoisotopic (exact) mass is 227 g/mol. The van der Waals surface area contributed by atoms with Crippen molar-refractivity contribution < 1.29 is 14.4 Å². The van der Waals surface area contributed by atoms with Gasteiger partial charge in [0, 0.05) is 27.1 Å². The Morgan fingerprint density at radius 3 is 2.50 bits per heavy atom. The molecule has 1 heterocycles. The summed E-state index contributed by atoms with van der Waals surface area (Å²) < 4.78 is 0. The molecule has 2 N–H and O–H groups in total. The Morgan fingerprint density at radius 2 is 2.12 bits per heavy atom. The van der Waals surface area contributed by atoms with E-state index in [1.807, 2.05) is 0 Å². The van der Waals surface area contributed by atoms with Gasteiger partial charge in [0.05, 0.1) is 6.42 Å². The van der Waals surface area contributed by atoms with E-state index < -0.39 is 11.9 Å². The molecule has 16 heavy (non-hydrogen) atoms. The van der Waals surface area contributed by atoms with E-state index in [9.17, 15) is 14.4 Å². The number of nitrogens with two attached hydrogens (primary N) is 1. The van der Waals surface area contributed by atoms with Crippen molar-refractivity contribution in [2.75, 3.05) is 20.6 Å². The van der Waals surface area contributed by atoms with Gasteiger partial charge in [-0.25, -0.2) is 0 Å². The van der Waals surface area contributed by atoms with Crippen LogP contribution in [0.4, 0.5) is 0 Å². The van der Waals surface area contributed by atoms with Crippen molar-refractivity contribution in [3.8, 4) is 0 Å². The highest BCUT2D eigenvalue weighted by Gasteiger charge is 2.33. The van der Waals surface area contributed by atoms with Crippen LogP contribution < -0.4 is 5.73 Å². The second kappa shape index (κ2) is 4.96. The molecule has 1 rings (SSSR count). The van der Waals surface area contributed by atoms with Crippen LogP contribution in [-0.2, 0) is 14.4 Å². The van der Waals surface area contributed by atoms with Gasteiger partial charge in [-0.1, -0.05) is 0 Å². The second-order valence-corrected chi connectivity index (χ2v) is 4.10. The average Bonchev–Trinajstić information content (AvgIpc) is 2.59. The third-order valence-electron chi connectivity index (χ3n) is 2.68. The van der Waals surface area contributed by atoms with Crippen molar-refractivity contribution in [3.63, 3.8) is 0 Å². The van der Waals surface area contributed by atoms with Crippen LogP contribution in [0, 0.1) is 0 Å². The molecule has 0 aromatic heterocycles. The number of rotatable bonds is 4. The zero-order valence-electron chi connectivity index (χ0n) is 9.60. The van der Waals surface area contributed by atoms with Gasteiger partial charge in [0.15, 0.2) is 0 Å². The summed E-state index contributed by atoms with van der Waals surface area (Å²) in [5.74, 6) is -0.927. The lowest BCUT2D eigenvalue weighted by molar-refractivity contribution is -0.140. The summed E-state index contributed by atoms with van der Waals surface area (Å²) >= 11 is 0. The molecule has 0 aromatic carbocycles. The number of likely N-dealkylation sites (tertiary alicyclic amines) is 1. The SMILES string of the molecule is CN(C)C(=O)CC(C(N)=O)N1CCCC1=O. The zero-order valence-corrected chi connectivity index (χ0v) is 9.60. The number of carbonyl (C=O) groups excluding carboxylic acids is 3. The number of nitrogens with zero attached hydrogens (tertiary/aromatic N) is 2. The number of amides is 3. The Bertz CT molecular complexity index is 314. The van der Waals surface area contributed by atoms with Gasteiger partial charge in [-0.05, 0) is 6.42 Å². The van der Waals surface area contributed by atoms with E-state index in [0.717, 1.165) is 6.42 Å². The van der Waals surface area contributed by atoms with E-state index in [4.69, 9.17) is 5.73 Å². The number of hydrogen-bond acceptors (Lipinski definition) is 3. The van der Waals surface area contributed by atoms with E-state index in [-0.39, 0.29) is 18.2 Å². The van der Waals surface area contributed by atoms with Gasteiger partial charge in [0.1, 0.15) is 6.04 Å². The lowest BCUT2D eigenvalue weighted by Crippen LogP contribution is -2.47. The molecule has 6 heteroatoms. The standard InChI is InChI=1S/C10H17N3O3/c1-12(2)9(15)6-7(10(11)16)13-5-3-4-8(13)14/h7H,3-6H2,1-2H3,(H2,11,16). The van der Waals surface area contributed by atoms with Crippen molar-refractivity contribution in [1.29, 1.82) is 0 Å². The minimum Gasteiger partial charge on any atom is -0.368 e. The van der Waals surface area contributed by atoms with Gasteiger partial charge in [-0.3, -0.25) is 14.4 Å². The highest BCUT2D eigenvalue weighted by Crippen LogP contribution is 2.16. The van der Waals surface area contributed by atoms with Crippen molar-refractivity contribution in [2.24, 2.45) is 5.73 Å². The first kappa shape index (κ1) is 12.5. The first-order chi connectivity index (χ1) is 7.43. The van der Waals surface area contributed by atoms with Gasteiger partial charge in [0.2, 0.25) is 17.7 Å². The smallest absolute Gasteiger partial charge is 0.240 e. The van der Waals surface area contributed by atoms with Crippen LogP contribution in [-0.4, -0.2) is 54.2 Å². The van der Waals surface area contributed by atoms with Crippen LogP contribution in [0.5, 0.6) is 0 Å². The highest BCUT2D eigenvalue weighted by atomic mass is 16.2.